The average Bonchev–Trinajstić information content (AvgIpc) is 2.98. The molecule has 1 N–H and O–H groups in total. The first-order chi connectivity index (χ1) is 10.9. The molecule has 0 saturated heterocycles. The van der Waals surface area contributed by atoms with Gasteiger partial charge in [-0.15, -0.1) is 0 Å². The summed E-state index contributed by atoms with van der Waals surface area (Å²) in [6.07, 6.45) is 0.958. The Morgan fingerprint density at radius 2 is 1.96 bits per heavy atom. The van der Waals surface area contributed by atoms with Crippen molar-refractivity contribution in [2.45, 2.75) is 13.2 Å². The predicted molar refractivity (Wildman–Crippen MR) is 71.1 cm³/mol. The van der Waals surface area contributed by atoms with Crippen molar-refractivity contribution in [3.8, 4) is 11.5 Å². The van der Waals surface area contributed by atoms with Crippen LogP contribution in [0.5, 0.6) is 11.5 Å². The van der Waals surface area contributed by atoms with Crippen molar-refractivity contribution < 1.29 is 31.8 Å². The van der Waals surface area contributed by atoms with Crippen LogP contribution in [0.4, 0.5) is 23.2 Å². The summed E-state index contributed by atoms with van der Waals surface area (Å²) in [6.45, 7) is -5.88. The molecule has 0 aliphatic heterocycles. The Balaban J connectivity index is 2.14. The third-order valence-electron chi connectivity index (χ3n) is 2.68. The topological polar surface area (TPSA) is 65.4 Å². The van der Waals surface area contributed by atoms with Crippen molar-refractivity contribution in [1.82, 2.24) is 9.78 Å². The molecule has 0 bridgehead atoms. The van der Waals surface area contributed by atoms with Crippen molar-refractivity contribution in [2.24, 2.45) is 0 Å². The smallest absolute Gasteiger partial charge is 0.387 e. The summed E-state index contributed by atoms with van der Waals surface area (Å²) in [5.41, 5.74) is -0.0303. The molecular formula is C13H11F4N3O3. The van der Waals surface area contributed by atoms with Crippen LogP contribution in [0.15, 0.2) is 30.5 Å². The number of hydrogen-bond acceptors (Lipinski definition) is 4. The number of anilines is 1. The van der Waals surface area contributed by atoms with Crippen molar-refractivity contribution in [3.63, 3.8) is 0 Å². The van der Waals surface area contributed by atoms with Crippen LogP contribution in [-0.4, -0.2) is 29.4 Å². The number of amides is 1. The highest BCUT2D eigenvalue weighted by atomic mass is 19.3. The van der Waals surface area contributed by atoms with E-state index in [1.807, 2.05) is 0 Å². The summed E-state index contributed by atoms with van der Waals surface area (Å²) in [7, 11) is 1.24. The summed E-state index contributed by atoms with van der Waals surface area (Å²) in [6, 6.07) is 4.84. The Morgan fingerprint density at radius 3 is 2.52 bits per heavy atom. The summed E-state index contributed by atoms with van der Waals surface area (Å²) in [4.78, 5) is 11.9. The molecule has 0 unspecified atom stereocenters. The van der Waals surface area contributed by atoms with E-state index < -0.39 is 19.1 Å². The highest BCUT2D eigenvalue weighted by Gasteiger charge is 2.15. The number of rotatable bonds is 6. The molecule has 2 rings (SSSR count). The number of alkyl halides is 4. The number of hydrogen-bond donors (Lipinski definition) is 1. The molecule has 124 valence electrons. The standard InChI is InChI=1S/C13H11F4N3O3/c1-22-10-6-7(2-3-9(10)23-13(16)17)18-11(21)8-4-5-20(19-8)12(14)15/h2-6,12-13H,1H3,(H,18,21). The van der Waals surface area contributed by atoms with E-state index in [1.165, 1.54) is 25.3 Å². The summed E-state index contributed by atoms with van der Waals surface area (Å²) < 4.78 is 58.7. The second-order valence-electron chi connectivity index (χ2n) is 4.16. The lowest BCUT2D eigenvalue weighted by molar-refractivity contribution is -0.0512. The van der Waals surface area contributed by atoms with E-state index >= 15 is 0 Å². The molecule has 1 amide bonds. The fraction of sp³-hybridized carbons (Fsp3) is 0.231. The molecular weight excluding hydrogens is 322 g/mol. The molecule has 1 aromatic heterocycles. The summed E-state index contributed by atoms with van der Waals surface area (Å²) >= 11 is 0. The van der Waals surface area contributed by atoms with Crippen molar-refractivity contribution in [2.75, 3.05) is 12.4 Å². The van der Waals surface area contributed by atoms with Crippen LogP contribution in [0.3, 0.4) is 0 Å². The van der Waals surface area contributed by atoms with E-state index in [2.05, 4.69) is 15.2 Å². The van der Waals surface area contributed by atoms with Crippen LogP contribution in [0, 0.1) is 0 Å². The van der Waals surface area contributed by atoms with Crippen LogP contribution in [0.2, 0.25) is 0 Å². The first kappa shape index (κ1) is 16.6. The SMILES string of the molecule is COc1cc(NC(=O)c2ccn(C(F)F)n2)ccc1OC(F)F. The van der Waals surface area contributed by atoms with Crippen LogP contribution in [0.1, 0.15) is 17.0 Å². The van der Waals surface area contributed by atoms with Gasteiger partial charge in [-0.05, 0) is 18.2 Å². The first-order valence-corrected chi connectivity index (χ1v) is 6.18. The van der Waals surface area contributed by atoms with Gasteiger partial charge in [-0.25, -0.2) is 4.68 Å². The van der Waals surface area contributed by atoms with Gasteiger partial charge in [-0.1, -0.05) is 0 Å². The number of halogens is 4. The first-order valence-electron chi connectivity index (χ1n) is 6.18. The minimum Gasteiger partial charge on any atom is -0.493 e. The summed E-state index contributed by atoms with van der Waals surface area (Å²) in [5.74, 6) is -0.974. The molecule has 0 spiro atoms. The van der Waals surface area contributed by atoms with Crippen molar-refractivity contribution in [3.05, 3.63) is 36.2 Å². The van der Waals surface area contributed by atoms with Gasteiger partial charge in [0.05, 0.1) is 7.11 Å². The summed E-state index contributed by atoms with van der Waals surface area (Å²) in [5, 5.41) is 5.79. The number of carbonyl (C=O) groups excluding carboxylic acids is 1. The fourth-order valence-electron chi connectivity index (χ4n) is 1.70. The Morgan fingerprint density at radius 1 is 1.22 bits per heavy atom. The third kappa shape index (κ3) is 4.11. The van der Waals surface area contributed by atoms with E-state index in [0.29, 0.717) is 4.68 Å². The highest BCUT2D eigenvalue weighted by molar-refractivity contribution is 6.02. The maximum atomic E-state index is 12.4. The lowest BCUT2D eigenvalue weighted by atomic mass is 10.2. The Labute approximate surface area is 127 Å². The van der Waals surface area contributed by atoms with E-state index in [9.17, 15) is 22.4 Å². The molecule has 0 atom stereocenters. The van der Waals surface area contributed by atoms with Gasteiger partial charge in [-0.2, -0.15) is 22.7 Å². The number of methoxy groups -OCH3 is 1. The molecule has 0 fully saturated rings. The van der Waals surface area contributed by atoms with Gasteiger partial charge in [0.1, 0.15) is 0 Å². The van der Waals surface area contributed by atoms with Gasteiger partial charge in [0.25, 0.3) is 5.91 Å². The Kier molecular flexibility index (Phi) is 5.04. The van der Waals surface area contributed by atoms with Gasteiger partial charge in [-0.3, -0.25) is 4.79 Å². The number of benzene rings is 1. The molecule has 1 aromatic carbocycles. The minimum absolute atomic E-state index is 0.0267. The number of ether oxygens (including phenoxy) is 2. The highest BCUT2D eigenvalue weighted by Crippen LogP contribution is 2.31. The van der Waals surface area contributed by atoms with E-state index in [0.717, 1.165) is 12.3 Å². The van der Waals surface area contributed by atoms with Gasteiger partial charge >= 0.3 is 13.2 Å². The lowest BCUT2D eigenvalue weighted by Crippen LogP contribution is -2.14. The van der Waals surface area contributed by atoms with Crippen LogP contribution in [-0.2, 0) is 0 Å². The zero-order valence-electron chi connectivity index (χ0n) is 11.7. The van der Waals surface area contributed by atoms with E-state index in [4.69, 9.17) is 4.74 Å². The van der Waals surface area contributed by atoms with Crippen molar-refractivity contribution >= 4 is 11.6 Å². The molecule has 10 heteroatoms. The van der Waals surface area contributed by atoms with E-state index in [-0.39, 0.29) is 22.9 Å². The molecule has 0 saturated carbocycles. The molecule has 0 aliphatic carbocycles. The maximum Gasteiger partial charge on any atom is 0.387 e. The number of carbonyl (C=O) groups is 1. The number of nitrogens with zero attached hydrogens (tertiary/aromatic N) is 2. The largest absolute Gasteiger partial charge is 0.493 e. The number of nitrogens with one attached hydrogen (secondary N) is 1. The lowest BCUT2D eigenvalue weighted by Gasteiger charge is -2.11. The zero-order valence-corrected chi connectivity index (χ0v) is 11.7. The van der Waals surface area contributed by atoms with Gasteiger partial charge in [0.2, 0.25) is 0 Å². The Bertz CT molecular complexity index is 691. The van der Waals surface area contributed by atoms with Gasteiger partial charge < -0.3 is 14.8 Å². The second kappa shape index (κ2) is 6.99. The van der Waals surface area contributed by atoms with Crippen LogP contribution >= 0.6 is 0 Å². The van der Waals surface area contributed by atoms with Gasteiger partial charge in [0.15, 0.2) is 17.2 Å². The number of aromatic nitrogens is 2. The predicted octanol–water partition coefficient (Wildman–Crippen LogP) is 3.14. The fourth-order valence-corrected chi connectivity index (χ4v) is 1.70. The molecule has 6 nitrogen and oxygen atoms in total. The van der Waals surface area contributed by atoms with Gasteiger partial charge in [0, 0.05) is 18.0 Å². The molecule has 2 aromatic rings. The normalized spacial score (nSPS) is 10.9. The van der Waals surface area contributed by atoms with Crippen LogP contribution < -0.4 is 14.8 Å². The van der Waals surface area contributed by atoms with Crippen LogP contribution in [0.25, 0.3) is 0 Å². The van der Waals surface area contributed by atoms with Crippen molar-refractivity contribution in [1.29, 1.82) is 0 Å². The second-order valence-corrected chi connectivity index (χ2v) is 4.16. The molecule has 0 radical (unpaired) electrons. The maximum absolute atomic E-state index is 12.4. The molecule has 0 aliphatic rings. The minimum atomic E-state index is -3.03. The van der Waals surface area contributed by atoms with E-state index in [1.54, 1.807) is 0 Å². The quantitative estimate of drug-likeness (QED) is 0.825. The molecule has 23 heavy (non-hydrogen) atoms. The molecule has 1 heterocycles. The average molecular weight is 333 g/mol. The third-order valence-corrected chi connectivity index (χ3v) is 2.68. The monoisotopic (exact) mass is 333 g/mol. The zero-order chi connectivity index (χ0) is 17.0. The Hall–Kier alpha value is -2.78.